The molecular formula is C27H31N3O3. The average Bonchev–Trinajstić information content (AvgIpc) is 3.48. The Morgan fingerprint density at radius 3 is 2.48 bits per heavy atom. The number of nitrogens with one attached hydrogen (secondary N) is 1. The van der Waals surface area contributed by atoms with Crippen LogP contribution in [-0.2, 0) is 16.8 Å². The number of aromatic nitrogens is 1. The number of nitrogens with zero attached hydrogens (tertiary/aromatic N) is 2. The summed E-state index contributed by atoms with van der Waals surface area (Å²) in [7, 11) is 3.43. The summed E-state index contributed by atoms with van der Waals surface area (Å²) < 4.78 is 19.7. The Kier molecular flexibility index (Phi) is 4.89. The van der Waals surface area contributed by atoms with Gasteiger partial charge in [-0.2, -0.15) is 0 Å². The second-order valence-corrected chi connectivity index (χ2v) is 9.63. The molecule has 6 nitrogen and oxygen atoms in total. The third-order valence-corrected chi connectivity index (χ3v) is 7.66. The highest BCUT2D eigenvalue weighted by molar-refractivity contribution is 5.69. The monoisotopic (exact) mass is 445 g/mol. The predicted octanol–water partition coefficient (Wildman–Crippen LogP) is 4.57. The molecule has 0 unspecified atom stereocenters. The van der Waals surface area contributed by atoms with E-state index in [0.29, 0.717) is 6.61 Å². The maximum atomic E-state index is 6.65. The highest BCUT2D eigenvalue weighted by atomic mass is 16.5. The van der Waals surface area contributed by atoms with Gasteiger partial charge in [0.1, 0.15) is 17.0 Å². The first-order valence-corrected chi connectivity index (χ1v) is 11.8. The Morgan fingerprint density at radius 1 is 0.970 bits per heavy atom. The summed E-state index contributed by atoms with van der Waals surface area (Å²) in [5.41, 5.74) is 4.61. The summed E-state index contributed by atoms with van der Waals surface area (Å²) in [6, 6.07) is 19.0. The molecule has 2 spiro atoms. The van der Waals surface area contributed by atoms with Gasteiger partial charge in [0.05, 0.1) is 43.5 Å². The standard InChI is InChI=1S/C27H31N3O3/c1-31-21-7-5-20(6-8-21)17-29-14-11-26(12-15-29)18-27(19-33-26)25-4-3-13-30(25)24-10-9-22(32-2)16-23(24)28-27/h3-10,13,16,28H,11-12,14-15,17-19H2,1-2H3/t27-/m0/s1. The minimum absolute atomic E-state index is 0.0745. The van der Waals surface area contributed by atoms with Crippen LogP contribution >= 0.6 is 0 Å². The number of fused-ring (bicyclic) bond motifs is 4. The second-order valence-electron chi connectivity index (χ2n) is 9.63. The zero-order chi connectivity index (χ0) is 22.5. The summed E-state index contributed by atoms with van der Waals surface area (Å²) in [5, 5.41) is 3.87. The quantitative estimate of drug-likeness (QED) is 0.638. The van der Waals surface area contributed by atoms with Gasteiger partial charge < -0.3 is 24.1 Å². The molecule has 3 aliphatic heterocycles. The number of benzene rings is 2. The average molecular weight is 446 g/mol. The molecule has 1 atom stereocenters. The molecule has 0 amide bonds. The number of methoxy groups -OCH3 is 2. The van der Waals surface area contributed by atoms with E-state index in [0.717, 1.165) is 61.8 Å². The number of anilines is 1. The topological polar surface area (TPSA) is 47.9 Å². The van der Waals surface area contributed by atoms with Crippen molar-refractivity contribution >= 4 is 5.69 Å². The Morgan fingerprint density at radius 2 is 1.73 bits per heavy atom. The number of likely N-dealkylation sites (tertiary alicyclic amines) is 1. The third kappa shape index (κ3) is 3.49. The van der Waals surface area contributed by atoms with Gasteiger partial charge in [-0.05, 0) is 54.8 Å². The Labute approximate surface area is 195 Å². The van der Waals surface area contributed by atoms with Gasteiger partial charge in [-0.3, -0.25) is 4.90 Å². The van der Waals surface area contributed by atoms with Gasteiger partial charge in [0.15, 0.2) is 0 Å². The van der Waals surface area contributed by atoms with Crippen molar-refractivity contribution in [3.8, 4) is 17.2 Å². The highest BCUT2D eigenvalue weighted by Gasteiger charge is 2.53. The van der Waals surface area contributed by atoms with Gasteiger partial charge in [-0.25, -0.2) is 0 Å². The van der Waals surface area contributed by atoms with E-state index in [1.54, 1.807) is 14.2 Å². The first-order valence-electron chi connectivity index (χ1n) is 11.8. The molecule has 6 rings (SSSR count). The van der Waals surface area contributed by atoms with E-state index >= 15 is 0 Å². The smallest absolute Gasteiger partial charge is 0.121 e. The molecule has 0 aliphatic carbocycles. The van der Waals surface area contributed by atoms with E-state index in [1.165, 1.54) is 11.3 Å². The first-order chi connectivity index (χ1) is 16.1. The van der Waals surface area contributed by atoms with E-state index < -0.39 is 0 Å². The van der Waals surface area contributed by atoms with Crippen molar-refractivity contribution < 1.29 is 14.2 Å². The van der Waals surface area contributed by atoms with Crippen molar-refractivity contribution in [3.63, 3.8) is 0 Å². The summed E-state index contributed by atoms with van der Waals surface area (Å²) in [4.78, 5) is 2.54. The van der Waals surface area contributed by atoms with Crippen LogP contribution in [0.4, 0.5) is 5.69 Å². The van der Waals surface area contributed by atoms with E-state index in [1.807, 2.05) is 18.2 Å². The van der Waals surface area contributed by atoms with Crippen LogP contribution in [0.25, 0.3) is 5.69 Å². The second kappa shape index (κ2) is 7.82. The Bertz CT molecular complexity index is 1150. The van der Waals surface area contributed by atoms with E-state index in [2.05, 4.69) is 57.4 Å². The van der Waals surface area contributed by atoms with Crippen molar-refractivity contribution in [1.82, 2.24) is 9.47 Å². The Hall–Kier alpha value is -2.96. The lowest BCUT2D eigenvalue weighted by Gasteiger charge is -2.41. The number of rotatable bonds is 4. The Balaban J connectivity index is 1.19. The third-order valence-electron chi connectivity index (χ3n) is 7.66. The lowest BCUT2D eigenvalue weighted by molar-refractivity contribution is -0.0451. The molecule has 3 aliphatic rings. The molecule has 0 bridgehead atoms. The predicted molar refractivity (Wildman–Crippen MR) is 128 cm³/mol. The lowest BCUT2D eigenvalue weighted by Crippen LogP contribution is -2.46. The fraction of sp³-hybridized carbons (Fsp3) is 0.407. The van der Waals surface area contributed by atoms with Crippen LogP contribution < -0.4 is 14.8 Å². The summed E-state index contributed by atoms with van der Waals surface area (Å²) >= 11 is 0. The van der Waals surface area contributed by atoms with Gasteiger partial charge in [0.25, 0.3) is 0 Å². The summed E-state index contributed by atoms with van der Waals surface area (Å²) in [5.74, 6) is 1.78. The van der Waals surface area contributed by atoms with Crippen LogP contribution in [0.3, 0.4) is 0 Å². The number of hydrogen-bond acceptors (Lipinski definition) is 5. The molecule has 0 radical (unpaired) electrons. The zero-order valence-electron chi connectivity index (χ0n) is 19.3. The molecule has 1 N–H and O–H groups in total. The van der Waals surface area contributed by atoms with E-state index in [9.17, 15) is 0 Å². The molecule has 6 heteroatoms. The summed E-state index contributed by atoms with van der Waals surface area (Å²) in [6.07, 6.45) is 5.25. The van der Waals surface area contributed by atoms with Crippen molar-refractivity contribution in [2.24, 2.45) is 0 Å². The minimum Gasteiger partial charge on any atom is -0.497 e. The maximum absolute atomic E-state index is 6.65. The van der Waals surface area contributed by atoms with Gasteiger partial charge in [0, 0.05) is 38.3 Å². The molecule has 172 valence electrons. The van der Waals surface area contributed by atoms with Crippen LogP contribution in [0.5, 0.6) is 11.5 Å². The SMILES string of the molecule is COc1ccc(CN2CCC3(CC2)C[C@@]2(CO3)Nc3cc(OC)ccc3-n3cccc32)cc1. The molecular weight excluding hydrogens is 414 g/mol. The molecule has 2 saturated heterocycles. The molecule has 1 aromatic heterocycles. The van der Waals surface area contributed by atoms with Crippen LogP contribution in [0, 0.1) is 0 Å². The molecule has 3 aromatic rings. The van der Waals surface area contributed by atoms with Crippen LogP contribution in [-0.4, -0.2) is 49.0 Å². The number of ether oxygens (including phenoxy) is 3. The van der Waals surface area contributed by atoms with Crippen molar-refractivity contribution in [3.05, 3.63) is 72.1 Å². The van der Waals surface area contributed by atoms with Gasteiger partial charge in [-0.1, -0.05) is 12.1 Å². The highest BCUT2D eigenvalue weighted by Crippen LogP contribution is 2.50. The van der Waals surface area contributed by atoms with Crippen molar-refractivity contribution in [2.45, 2.75) is 36.9 Å². The van der Waals surface area contributed by atoms with Gasteiger partial charge >= 0.3 is 0 Å². The largest absolute Gasteiger partial charge is 0.497 e. The molecule has 33 heavy (non-hydrogen) atoms. The molecule has 0 saturated carbocycles. The number of piperidine rings is 1. The van der Waals surface area contributed by atoms with Crippen LogP contribution in [0.2, 0.25) is 0 Å². The molecule has 4 heterocycles. The van der Waals surface area contributed by atoms with E-state index in [-0.39, 0.29) is 11.1 Å². The first kappa shape index (κ1) is 20.6. The lowest BCUT2D eigenvalue weighted by atomic mass is 9.79. The van der Waals surface area contributed by atoms with E-state index in [4.69, 9.17) is 14.2 Å². The maximum Gasteiger partial charge on any atom is 0.121 e. The summed E-state index contributed by atoms with van der Waals surface area (Å²) in [6.45, 7) is 3.76. The minimum atomic E-state index is -0.207. The number of hydrogen-bond donors (Lipinski definition) is 1. The van der Waals surface area contributed by atoms with Crippen LogP contribution in [0.1, 0.15) is 30.5 Å². The molecule has 2 aromatic carbocycles. The van der Waals surface area contributed by atoms with Gasteiger partial charge in [-0.15, -0.1) is 0 Å². The fourth-order valence-corrected chi connectivity index (χ4v) is 5.86. The van der Waals surface area contributed by atoms with Crippen molar-refractivity contribution in [2.75, 3.05) is 39.2 Å². The normalized spacial score (nSPS) is 23.2. The fourth-order valence-electron chi connectivity index (χ4n) is 5.86. The zero-order valence-corrected chi connectivity index (χ0v) is 19.3. The van der Waals surface area contributed by atoms with Crippen molar-refractivity contribution in [1.29, 1.82) is 0 Å². The molecule has 2 fully saturated rings. The van der Waals surface area contributed by atoms with Gasteiger partial charge in [0.2, 0.25) is 0 Å². The van der Waals surface area contributed by atoms with Crippen LogP contribution in [0.15, 0.2) is 60.8 Å².